The average molecular weight is 280 g/mol. The fraction of sp³-hybridized carbons (Fsp3) is 0. The van der Waals surface area contributed by atoms with E-state index in [1.54, 1.807) is 0 Å². The Bertz CT molecular complexity index is 195. The molecule has 72 valence electrons. The zero-order valence-corrected chi connectivity index (χ0v) is 6.03. The topological polar surface area (TPSA) is 152 Å². The molecule has 5 N–H and O–H groups in total. The van der Waals surface area contributed by atoms with E-state index in [1.165, 1.54) is 0 Å². The van der Waals surface area contributed by atoms with E-state index in [-0.39, 0.29) is 75.5 Å². The second-order valence-electron chi connectivity index (χ2n) is 0.961. The van der Waals surface area contributed by atoms with Crippen LogP contribution in [-0.2, 0) is 15.0 Å². The van der Waals surface area contributed by atoms with Gasteiger partial charge in [0.25, 0.3) is 0 Å². The van der Waals surface area contributed by atoms with Crippen molar-refractivity contribution in [3.05, 3.63) is 0 Å². The van der Waals surface area contributed by atoms with Crippen LogP contribution in [0.4, 0.5) is 0 Å². The Hall–Kier alpha value is 2.50. The monoisotopic (exact) mass is 280 g/mol. The summed E-state index contributed by atoms with van der Waals surface area (Å²) in [5.74, 6) is 0. The molecule has 0 amide bonds. The SMILES string of the molecule is O=P(O)(O)O.O=S(=O)(O)O.[CaH2].[CaH2]. The van der Waals surface area contributed by atoms with E-state index in [0.717, 1.165) is 0 Å². The van der Waals surface area contributed by atoms with Crippen molar-refractivity contribution in [3.63, 3.8) is 0 Å². The van der Waals surface area contributed by atoms with E-state index in [0.29, 0.717) is 0 Å². The molecular weight excluding hydrogens is 271 g/mol. The Morgan fingerprint density at radius 3 is 0.917 bits per heavy atom. The summed E-state index contributed by atoms with van der Waals surface area (Å²) in [5.41, 5.74) is 0. The quantitative estimate of drug-likeness (QED) is 0.175. The summed E-state index contributed by atoms with van der Waals surface area (Å²) in [6.07, 6.45) is 0. The molecule has 0 rings (SSSR count). The Morgan fingerprint density at radius 1 is 0.917 bits per heavy atom. The average Bonchev–Trinajstić information content (AvgIpc) is 1.12. The summed E-state index contributed by atoms with van der Waals surface area (Å²) < 4.78 is 40.5. The van der Waals surface area contributed by atoms with Gasteiger partial charge in [-0.25, -0.2) is 4.57 Å². The van der Waals surface area contributed by atoms with E-state index >= 15 is 0 Å². The molecule has 0 spiro atoms. The zero-order valence-electron chi connectivity index (χ0n) is 4.32. The minimum absolute atomic E-state index is 0. The molecule has 0 aromatic rings. The van der Waals surface area contributed by atoms with Crippen molar-refractivity contribution in [2.75, 3.05) is 0 Å². The normalized spacial score (nSPS) is 9.75. The molecule has 0 aromatic carbocycles. The van der Waals surface area contributed by atoms with Crippen molar-refractivity contribution in [1.82, 2.24) is 0 Å². The molecular formula is H9Ca2O8PS. The van der Waals surface area contributed by atoms with Gasteiger partial charge in [-0.2, -0.15) is 8.42 Å². The number of hydrogen-bond acceptors (Lipinski definition) is 3. The molecule has 0 atom stereocenters. The van der Waals surface area contributed by atoms with E-state index < -0.39 is 18.2 Å². The van der Waals surface area contributed by atoms with E-state index in [9.17, 15) is 0 Å². The number of rotatable bonds is 0. The second-order valence-corrected chi connectivity index (χ2v) is 2.88. The van der Waals surface area contributed by atoms with Gasteiger partial charge in [0.05, 0.1) is 0 Å². The fourth-order valence-corrected chi connectivity index (χ4v) is 0. The molecule has 0 saturated heterocycles. The van der Waals surface area contributed by atoms with E-state index in [1.807, 2.05) is 0 Å². The van der Waals surface area contributed by atoms with Gasteiger partial charge in [0, 0.05) is 0 Å². The maximum atomic E-state index is 8.88. The van der Waals surface area contributed by atoms with Gasteiger partial charge in [0.15, 0.2) is 0 Å². The summed E-state index contributed by atoms with van der Waals surface area (Å²) in [7, 11) is -9.31. The van der Waals surface area contributed by atoms with Gasteiger partial charge in [-0.1, -0.05) is 0 Å². The van der Waals surface area contributed by atoms with Gasteiger partial charge in [0.1, 0.15) is 0 Å². The van der Waals surface area contributed by atoms with Crippen molar-refractivity contribution >= 4 is 93.7 Å². The molecule has 0 bridgehead atoms. The molecule has 12 heavy (non-hydrogen) atoms. The van der Waals surface area contributed by atoms with Crippen LogP contribution >= 0.6 is 7.82 Å². The molecule has 0 unspecified atom stereocenters. The summed E-state index contributed by atoms with van der Waals surface area (Å²) in [6, 6.07) is 0. The number of hydrogen-bond donors (Lipinski definition) is 5. The van der Waals surface area contributed by atoms with Gasteiger partial charge >= 0.3 is 93.7 Å². The van der Waals surface area contributed by atoms with Crippen LogP contribution in [0.3, 0.4) is 0 Å². The molecule has 0 fully saturated rings. The summed E-state index contributed by atoms with van der Waals surface area (Å²) in [4.78, 5) is 21.6. The molecule has 0 aromatic heterocycles. The van der Waals surface area contributed by atoms with Gasteiger partial charge in [0.2, 0.25) is 0 Å². The standard InChI is InChI=1S/2Ca.H3O4P.H2O4S.4H/c;;2*1-5(2,3)4;;;;/h;;(H3,1,2,3,4);(H2,1,2,3,4);;;;. The summed E-state index contributed by atoms with van der Waals surface area (Å²) in [5, 5.41) is 0. The van der Waals surface area contributed by atoms with Gasteiger partial charge in [-0.05, 0) is 0 Å². The molecule has 0 aliphatic rings. The van der Waals surface area contributed by atoms with E-state index in [2.05, 4.69) is 0 Å². The summed E-state index contributed by atoms with van der Waals surface area (Å²) in [6.45, 7) is 0. The van der Waals surface area contributed by atoms with Gasteiger partial charge in [-0.3, -0.25) is 9.11 Å². The van der Waals surface area contributed by atoms with Crippen LogP contribution in [0.5, 0.6) is 0 Å². The Balaban J connectivity index is -0.0000000457. The van der Waals surface area contributed by atoms with Crippen LogP contribution in [0, 0.1) is 0 Å². The van der Waals surface area contributed by atoms with Crippen LogP contribution < -0.4 is 0 Å². The summed E-state index contributed by atoms with van der Waals surface area (Å²) >= 11 is 0. The molecule has 8 nitrogen and oxygen atoms in total. The van der Waals surface area contributed by atoms with Crippen molar-refractivity contribution in [2.24, 2.45) is 0 Å². The zero-order chi connectivity index (χ0) is 9.00. The Morgan fingerprint density at radius 2 is 0.917 bits per heavy atom. The van der Waals surface area contributed by atoms with Crippen molar-refractivity contribution in [2.45, 2.75) is 0 Å². The van der Waals surface area contributed by atoms with Crippen LogP contribution in [0.1, 0.15) is 0 Å². The van der Waals surface area contributed by atoms with Crippen molar-refractivity contribution in [3.8, 4) is 0 Å². The van der Waals surface area contributed by atoms with Crippen LogP contribution in [0.25, 0.3) is 0 Å². The molecule has 0 saturated carbocycles. The first-order valence-electron chi connectivity index (χ1n) is 1.48. The van der Waals surface area contributed by atoms with Crippen LogP contribution in [0.15, 0.2) is 0 Å². The first kappa shape index (κ1) is 24.0. The molecule has 0 aliphatic carbocycles. The fourth-order valence-electron chi connectivity index (χ4n) is 0. The van der Waals surface area contributed by atoms with Crippen molar-refractivity contribution in [1.29, 1.82) is 0 Å². The molecule has 0 heterocycles. The second kappa shape index (κ2) is 10.0. The first-order valence-corrected chi connectivity index (χ1v) is 4.44. The molecule has 0 radical (unpaired) electrons. The third-order valence-corrected chi connectivity index (χ3v) is 0. The maximum absolute atomic E-state index is 8.88. The first-order chi connectivity index (χ1) is 4.00. The molecule has 0 aliphatic heterocycles. The van der Waals surface area contributed by atoms with E-state index in [4.69, 9.17) is 36.8 Å². The number of phosphoric acid groups is 1. The predicted octanol–water partition coefficient (Wildman–Crippen LogP) is -3.41. The minimum atomic E-state index is -4.67. The third kappa shape index (κ3) is 265. The Kier molecular flexibility index (Phi) is 20.0. The third-order valence-electron chi connectivity index (χ3n) is 0. The van der Waals surface area contributed by atoms with Gasteiger partial charge < -0.3 is 14.7 Å². The van der Waals surface area contributed by atoms with Crippen LogP contribution in [0.2, 0.25) is 0 Å². The van der Waals surface area contributed by atoms with Crippen molar-refractivity contribution < 1.29 is 36.8 Å². The predicted molar refractivity (Wildman–Crippen MR) is 45.5 cm³/mol. The Labute approximate surface area is 128 Å². The van der Waals surface area contributed by atoms with Gasteiger partial charge in [-0.15, -0.1) is 0 Å². The molecule has 12 heteroatoms. The van der Waals surface area contributed by atoms with Crippen LogP contribution in [-0.4, -0.2) is 108 Å².